The molecular formula is C18H24F2N4O2S. The molecule has 9 heteroatoms. The van der Waals surface area contributed by atoms with Crippen LogP contribution in [0.2, 0.25) is 0 Å². The Hall–Kier alpha value is -2.78. The third-order valence-electron chi connectivity index (χ3n) is 3.69. The molecule has 2 aromatic rings. The third kappa shape index (κ3) is 5.87. The van der Waals surface area contributed by atoms with E-state index < -0.39 is 21.7 Å². The minimum Gasteiger partial charge on any atom is -0.398 e. The number of nitrogens with two attached hydrogens (primary N) is 2. The van der Waals surface area contributed by atoms with Crippen molar-refractivity contribution in [1.82, 2.24) is 0 Å². The molecule has 0 radical (unpaired) electrons. The van der Waals surface area contributed by atoms with Crippen LogP contribution in [-0.4, -0.2) is 34.0 Å². The average Bonchev–Trinajstić information content (AvgIpc) is 2.61. The van der Waals surface area contributed by atoms with E-state index in [1.54, 1.807) is 31.3 Å². The molecule has 0 heterocycles. The fourth-order valence-electron chi connectivity index (χ4n) is 2.37. The molecule has 0 bridgehead atoms. The molecule has 27 heavy (non-hydrogen) atoms. The van der Waals surface area contributed by atoms with Gasteiger partial charge in [-0.3, -0.25) is 4.99 Å². The third-order valence-corrected chi connectivity index (χ3v) is 4.46. The highest BCUT2D eigenvalue weighted by Crippen LogP contribution is 2.29. The maximum absolute atomic E-state index is 13.5. The van der Waals surface area contributed by atoms with Gasteiger partial charge in [0.2, 0.25) is 10.0 Å². The first-order valence-corrected chi connectivity index (χ1v) is 9.65. The molecule has 0 unspecified atom stereocenters. The Morgan fingerprint density at radius 3 is 2.48 bits per heavy atom. The normalized spacial score (nSPS) is 12.5. The van der Waals surface area contributed by atoms with Crippen molar-refractivity contribution in [2.24, 2.45) is 15.9 Å². The van der Waals surface area contributed by atoms with Crippen LogP contribution in [0.3, 0.4) is 0 Å². The predicted octanol–water partition coefficient (Wildman–Crippen LogP) is 2.82. The van der Waals surface area contributed by atoms with Crippen molar-refractivity contribution in [3.05, 3.63) is 59.7 Å². The molecular weight excluding hydrogens is 374 g/mol. The number of sulfonamides is 1. The average molecular weight is 398 g/mol. The van der Waals surface area contributed by atoms with Crippen LogP contribution in [0.15, 0.2) is 47.5 Å². The highest BCUT2D eigenvalue weighted by atomic mass is 32.2. The molecule has 0 atom stereocenters. The van der Waals surface area contributed by atoms with Crippen LogP contribution in [-0.2, 0) is 10.0 Å². The lowest BCUT2D eigenvalue weighted by Crippen LogP contribution is -2.22. The topological polar surface area (TPSA) is 111 Å². The van der Waals surface area contributed by atoms with Gasteiger partial charge in [-0.15, -0.1) is 0 Å². The Morgan fingerprint density at radius 2 is 1.85 bits per heavy atom. The minimum atomic E-state index is -3.61. The highest BCUT2D eigenvalue weighted by Gasteiger charge is 2.11. The number of allylic oxidation sites excluding steroid dienone is 1. The molecule has 148 valence electrons. The monoisotopic (exact) mass is 398 g/mol. The summed E-state index contributed by atoms with van der Waals surface area (Å²) in [5.74, 6) is -2.14. The lowest BCUT2D eigenvalue weighted by atomic mass is 10.00. The van der Waals surface area contributed by atoms with E-state index in [2.05, 4.69) is 10.3 Å². The van der Waals surface area contributed by atoms with E-state index >= 15 is 0 Å². The number of primary sulfonamides is 1. The summed E-state index contributed by atoms with van der Waals surface area (Å²) in [5.41, 5.74) is 8.68. The van der Waals surface area contributed by atoms with Gasteiger partial charge in [0.1, 0.15) is 0 Å². The minimum absolute atomic E-state index is 0. The summed E-state index contributed by atoms with van der Waals surface area (Å²) in [7, 11) is -2.02. The summed E-state index contributed by atoms with van der Waals surface area (Å²) in [6.45, 7) is 0.0888. The van der Waals surface area contributed by atoms with Crippen LogP contribution in [0.5, 0.6) is 0 Å². The van der Waals surface area contributed by atoms with E-state index in [1.807, 2.05) is 0 Å². The Bertz CT molecular complexity index is 999. The van der Waals surface area contributed by atoms with Crippen LogP contribution in [0.1, 0.15) is 8.42 Å². The van der Waals surface area contributed by atoms with Gasteiger partial charge in [0.25, 0.3) is 0 Å². The fourth-order valence-corrected chi connectivity index (χ4v) is 2.75. The Balaban J connectivity index is 0.00000392. The second-order valence-corrected chi connectivity index (χ2v) is 7.45. The van der Waals surface area contributed by atoms with Gasteiger partial charge in [-0.05, 0) is 41.5 Å². The highest BCUT2D eigenvalue weighted by molar-refractivity contribution is 7.89. The number of halogens is 2. The lowest BCUT2D eigenvalue weighted by Gasteiger charge is -2.14. The summed E-state index contributed by atoms with van der Waals surface area (Å²) in [6, 6.07) is 8.66. The molecule has 0 spiro atoms. The largest absolute Gasteiger partial charge is 0.398 e. The maximum Gasteiger partial charge on any atom is 0.210 e. The molecule has 2 aromatic carbocycles. The number of aliphatic imine (C=N–C) groups is 1. The summed E-state index contributed by atoms with van der Waals surface area (Å²) in [6.07, 6.45) is 3.09. The first kappa shape index (κ1) is 20.5. The molecule has 0 aliphatic carbocycles. The van der Waals surface area contributed by atoms with Crippen LogP contribution in [0.4, 0.5) is 14.5 Å². The zero-order valence-corrected chi connectivity index (χ0v) is 15.4. The van der Waals surface area contributed by atoms with Crippen molar-refractivity contribution in [2.45, 2.75) is 0 Å². The number of nitrogens with zero attached hydrogens (tertiary/aromatic N) is 1. The molecule has 0 aliphatic rings. The summed E-state index contributed by atoms with van der Waals surface area (Å²) in [4.78, 5) is 3.84. The van der Waals surface area contributed by atoms with Gasteiger partial charge in [-0.2, -0.15) is 0 Å². The van der Waals surface area contributed by atoms with Crippen LogP contribution in [0.25, 0.3) is 16.8 Å². The summed E-state index contributed by atoms with van der Waals surface area (Å²) < 4.78 is 48.9. The van der Waals surface area contributed by atoms with E-state index in [0.29, 0.717) is 28.1 Å². The second kappa shape index (κ2) is 8.74. The maximum atomic E-state index is 13.5. The molecule has 5 N–H and O–H groups in total. The van der Waals surface area contributed by atoms with Crippen molar-refractivity contribution < 1.29 is 20.1 Å². The van der Waals surface area contributed by atoms with Gasteiger partial charge in [0, 0.05) is 39.6 Å². The molecule has 0 saturated heterocycles. The first-order chi connectivity index (χ1) is 12.7. The zero-order chi connectivity index (χ0) is 20.0. The first-order valence-electron chi connectivity index (χ1n) is 7.93. The van der Waals surface area contributed by atoms with Gasteiger partial charge >= 0.3 is 0 Å². The number of rotatable bonds is 7. The van der Waals surface area contributed by atoms with E-state index in [4.69, 9.17) is 10.9 Å². The van der Waals surface area contributed by atoms with E-state index in [9.17, 15) is 17.2 Å². The molecule has 0 saturated carbocycles. The number of hydrogen-bond donors (Lipinski definition) is 3. The van der Waals surface area contributed by atoms with Crippen LogP contribution in [0, 0.1) is 11.6 Å². The van der Waals surface area contributed by atoms with E-state index in [-0.39, 0.29) is 15.2 Å². The molecule has 6 nitrogen and oxygen atoms in total. The van der Waals surface area contributed by atoms with E-state index in [1.165, 1.54) is 12.3 Å². The summed E-state index contributed by atoms with van der Waals surface area (Å²) >= 11 is 0. The van der Waals surface area contributed by atoms with Crippen molar-refractivity contribution in [3.8, 4) is 11.1 Å². The SMILES string of the molecule is CN=C/C=C(\N)c1cc(-c2ccc(F)c(F)c2)ccc1NCCS(N)(=O)=O.[HH].[HH]. The van der Waals surface area contributed by atoms with Crippen molar-refractivity contribution in [2.75, 3.05) is 24.7 Å². The zero-order valence-electron chi connectivity index (χ0n) is 14.6. The Kier molecular flexibility index (Phi) is 6.65. The van der Waals surface area contributed by atoms with Crippen LogP contribution < -0.4 is 16.2 Å². The number of hydrogen-bond acceptors (Lipinski definition) is 5. The lowest BCUT2D eigenvalue weighted by molar-refractivity contribution is 0.509. The van der Waals surface area contributed by atoms with Crippen LogP contribution >= 0.6 is 0 Å². The van der Waals surface area contributed by atoms with Gasteiger partial charge in [0.05, 0.1) is 5.75 Å². The summed E-state index contributed by atoms with van der Waals surface area (Å²) in [5, 5.41) is 7.97. The Labute approximate surface area is 159 Å². The Morgan fingerprint density at radius 1 is 1.19 bits per heavy atom. The molecule has 0 amide bonds. The quantitative estimate of drug-likeness (QED) is 0.623. The van der Waals surface area contributed by atoms with Crippen molar-refractivity contribution in [1.29, 1.82) is 0 Å². The van der Waals surface area contributed by atoms with E-state index in [0.717, 1.165) is 12.1 Å². The second-order valence-electron chi connectivity index (χ2n) is 5.71. The molecule has 0 aromatic heterocycles. The van der Waals surface area contributed by atoms with Gasteiger partial charge in [-0.25, -0.2) is 22.3 Å². The standard InChI is InChI=1S/C18H20F2N4O2S.2H2/c1-23-7-6-17(21)14-10-12(13-2-4-15(19)16(20)11-13)3-5-18(14)24-8-9-27(22,25)26;;/h2-7,10-11,24H,8-9,21H2,1H3,(H2,22,25,26);2*1H/b17-6-,23-7?;;. The van der Waals surface area contributed by atoms with Crippen molar-refractivity contribution >= 4 is 27.6 Å². The van der Waals surface area contributed by atoms with Crippen molar-refractivity contribution in [3.63, 3.8) is 0 Å². The predicted molar refractivity (Wildman–Crippen MR) is 109 cm³/mol. The van der Waals surface area contributed by atoms with Gasteiger partial charge in [-0.1, -0.05) is 12.1 Å². The number of anilines is 1. The number of nitrogens with one attached hydrogen (secondary N) is 1. The molecule has 0 aliphatic heterocycles. The fraction of sp³-hybridized carbons (Fsp3) is 0.167. The molecule has 0 fully saturated rings. The number of benzene rings is 2. The molecule has 2 rings (SSSR count). The van der Waals surface area contributed by atoms with Gasteiger partial charge in [0.15, 0.2) is 11.6 Å². The smallest absolute Gasteiger partial charge is 0.210 e. The van der Waals surface area contributed by atoms with Gasteiger partial charge < -0.3 is 11.1 Å².